The molecule has 0 aliphatic carbocycles. The van der Waals surface area contributed by atoms with E-state index in [1.807, 2.05) is 30.6 Å². The number of hydrogen-bond donors (Lipinski definition) is 1. The normalized spacial score (nSPS) is 10.3. The fourth-order valence-corrected chi connectivity index (χ4v) is 0.732. The zero-order valence-corrected chi connectivity index (χ0v) is 9.18. The summed E-state index contributed by atoms with van der Waals surface area (Å²) in [6.07, 6.45) is 4.01. The van der Waals surface area contributed by atoms with Crippen LogP contribution in [0.4, 0.5) is 0 Å². The summed E-state index contributed by atoms with van der Waals surface area (Å²) in [6, 6.07) is 5.98. The lowest BCUT2D eigenvalue weighted by atomic mass is 10.5. The first kappa shape index (κ1) is 14.0. The smallest absolute Gasteiger partial charge is 0.217 e. The molecule has 0 fully saturated rings. The van der Waals surface area contributed by atoms with Crippen molar-refractivity contribution in [1.82, 2.24) is 0 Å². The van der Waals surface area contributed by atoms with Crippen molar-refractivity contribution in [2.45, 2.75) is 6.54 Å². The lowest BCUT2D eigenvalue weighted by molar-refractivity contribution is -0.694. The molecule has 0 saturated heterocycles. The van der Waals surface area contributed by atoms with Crippen molar-refractivity contribution in [3.8, 4) is 0 Å². The standard InChI is InChI=1S/C7H11N2.CH4O4S/c8-4-7-9-5-2-1-3-6-9;1-5-6(2,3)4/h1-3,5-6H,4,7-8H2;1H3,(H,2,3,4)/q+1;/p-1. The molecule has 0 aliphatic rings. The minimum absolute atomic E-state index is 0.703. The van der Waals surface area contributed by atoms with Gasteiger partial charge in [0.25, 0.3) is 0 Å². The number of pyridine rings is 1. The second kappa shape index (κ2) is 7.30. The highest BCUT2D eigenvalue weighted by molar-refractivity contribution is 7.80. The number of rotatable bonds is 3. The van der Waals surface area contributed by atoms with Crippen LogP contribution in [0, 0.1) is 0 Å². The predicted octanol–water partition coefficient (Wildman–Crippen LogP) is -0.974. The molecule has 0 amide bonds. The van der Waals surface area contributed by atoms with Gasteiger partial charge < -0.3 is 10.3 Å². The molecule has 2 N–H and O–H groups in total. The van der Waals surface area contributed by atoms with Gasteiger partial charge in [-0.2, -0.15) is 0 Å². The third kappa shape index (κ3) is 9.29. The maximum Gasteiger partial charge on any atom is 0.217 e. The van der Waals surface area contributed by atoms with E-state index < -0.39 is 10.4 Å². The monoisotopic (exact) mass is 234 g/mol. The van der Waals surface area contributed by atoms with Crippen molar-refractivity contribution >= 4 is 10.4 Å². The van der Waals surface area contributed by atoms with E-state index in [4.69, 9.17) is 5.73 Å². The average molecular weight is 234 g/mol. The van der Waals surface area contributed by atoms with Crippen LogP contribution in [-0.2, 0) is 21.1 Å². The SMILES string of the molecule is COS(=O)(=O)[O-].NCC[n+]1ccccc1. The van der Waals surface area contributed by atoms with Crippen LogP contribution in [0.25, 0.3) is 0 Å². The van der Waals surface area contributed by atoms with Crippen LogP contribution in [0.3, 0.4) is 0 Å². The molecule has 6 nitrogen and oxygen atoms in total. The summed E-state index contributed by atoms with van der Waals surface area (Å²) in [6.45, 7) is 1.61. The van der Waals surface area contributed by atoms with Gasteiger partial charge in [0.15, 0.2) is 18.9 Å². The van der Waals surface area contributed by atoms with Crippen molar-refractivity contribution in [2.75, 3.05) is 13.7 Å². The summed E-state index contributed by atoms with van der Waals surface area (Å²) in [5, 5.41) is 0. The Bertz CT molecular complexity index is 352. The van der Waals surface area contributed by atoms with Gasteiger partial charge in [-0.1, -0.05) is 6.07 Å². The second-order valence-corrected chi connectivity index (χ2v) is 3.63. The Hall–Kier alpha value is -1.02. The van der Waals surface area contributed by atoms with Gasteiger partial charge in [-0.25, -0.2) is 13.0 Å². The number of nitrogens with zero attached hydrogens (tertiary/aromatic N) is 1. The van der Waals surface area contributed by atoms with E-state index in [-0.39, 0.29) is 0 Å². The Morgan fingerprint density at radius 1 is 1.33 bits per heavy atom. The Balaban J connectivity index is 0.000000288. The Morgan fingerprint density at radius 2 is 1.80 bits per heavy atom. The van der Waals surface area contributed by atoms with Gasteiger partial charge in [0, 0.05) is 12.1 Å². The molecule has 1 rings (SSSR count). The van der Waals surface area contributed by atoms with Crippen molar-refractivity contribution in [2.24, 2.45) is 5.73 Å². The van der Waals surface area contributed by atoms with Gasteiger partial charge >= 0.3 is 0 Å². The molecule has 0 atom stereocenters. The van der Waals surface area contributed by atoms with Crippen LogP contribution < -0.4 is 10.3 Å². The van der Waals surface area contributed by atoms with Gasteiger partial charge in [0.1, 0.15) is 0 Å². The summed E-state index contributed by atoms with van der Waals surface area (Å²) < 4.78 is 33.1. The van der Waals surface area contributed by atoms with Crippen molar-refractivity contribution in [1.29, 1.82) is 0 Å². The minimum atomic E-state index is -4.41. The zero-order chi connectivity index (χ0) is 11.7. The maximum absolute atomic E-state index is 9.22. The summed E-state index contributed by atoms with van der Waals surface area (Å²) in [4.78, 5) is 0. The fraction of sp³-hybridized carbons (Fsp3) is 0.375. The van der Waals surface area contributed by atoms with Crippen LogP contribution in [-0.4, -0.2) is 26.6 Å². The van der Waals surface area contributed by atoms with E-state index in [1.165, 1.54) is 0 Å². The largest absolute Gasteiger partial charge is 0.726 e. The minimum Gasteiger partial charge on any atom is -0.726 e. The highest BCUT2D eigenvalue weighted by atomic mass is 32.3. The molecular formula is C8H14N2O4S. The number of hydrogen-bond acceptors (Lipinski definition) is 5. The van der Waals surface area contributed by atoms with Gasteiger partial charge in [0.2, 0.25) is 10.4 Å². The molecule has 1 heterocycles. The van der Waals surface area contributed by atoms with E-state index in [1.54, 1.807) is 0 Å². The summed E-state index contributed by atoms with van der Waals surface area (Å²) in [7, 11) is -3.60. The molecule has 0 bridgehead atoms. The van der Waals surface area contributed by atoms with E-state index >= 15 is 0 Å². The van der Waals surface area contributed by atoms with Crippen molar-refractivity contribution < 1.29 is 21.7 Å². The molecule has 0 radical (unpaired) electrons. The quantitative estimate of drug-likeness (QED) is 0.412. The highest BCUT2D eigenvalue weighted by Gasteiger charge is 1.91. The molecular weight excluding hydrogens is 220 g/mol. The summed E-state index contributed by atoms with van der Waals surface area (Å²) >= 11 is 0. The van der Waals surface area contributed by atoms with Crippen LogP contribution >= 0.6 is 0 Å². The van der Waals surface area contributed by atoms with Crippen molar-refractivity contribution in [3.05, 3.63) is 30.6 Å². The Kier molecular flexibility index (Phi) is 6.80. The fourth-order valence-electron chi connectivity index (χ4n) is 0.732. The van der Waals surface area contributed by atoms with Crippen LogP contribution in [0.15, 0.2) is 30.6 Å². The van der Waals surface area contributed by atoms with E-state index in [0.717, 1.165) is 13.7 Å². The summed E-state index contributed by atoms with van der Waals surface area (Å²) in [5.74, 6) is 0. The molecule has 15 heavy (non-hydrogen) atoms. The van der Waals surface area contributed by atoms with Gasteiger partial charge in [-0.3, -0.25) is 4.18 Å². The molecule has 0 aromatic carbocycles. The number of aromatic nitrogens is 1. The molecule has 0 spiro atoms. The Labute approximate surface area is 89.3 Å². The van der Waals surface area contributed by atoms with Crippen LogP contribution in [0.5, 0.6) is 0 Å². The van der Waals surface area contributed by atoms with Crippen molar-refractivity contribution in [3.63, 3.8) is 0 Å². The molecule has 1 aromatic heterocycles. The van der Waals surface area contributed by atoms with Crippen LogP contribution in [0.2, 0.25) is 0 Å². The Morgan fingerprint density at radius 3 is 2.13 bits per heavy atom. The third-order valence-corrected chi connectivity index (χ3v) is 1.78. The lowest BCUT2D eigenvalue weighted by Crippen LogP contribution is -2.36. The maximum atomic E-state index is 9.22. The molecule has 0 aliphatic heterocycles. The predicted molar refractivity (Wildman–Crippen MR) is 52.4 cm³/mol. The lowest BCUT2D eigenvalue weighted by Gasteiger charge is -1.98. The molecule has 86 valence electrons. The van der Waals surface area contributed by atoms with Crippen LogP contribution in [0.1, 0.15) is 0 Å². The van der Waals surface area contributed by atoms with Gasteiger partial charge in [-0.05, 0) is 0 Å². The van der Waals surface area contributed by atoms with Gasteiger partial charge in [-0.15, -0.1) is 0 Å². The number of nitrogens with two attached hydrogens (primary N) is 1. The molecule has 7 heteroatoms. The topological polar surface area (TPSA) is 96.3 Å². The first-order valence-electron chi connectivity index (χ1n) is 4.15. The first-order chi connectivity index (χ1) is 6.99. The van der Waals surface area contributed by atoms with E-state index in [0.29, 0.717) is 6.54 Å². The summed E-state index contributed by atoms with van der Waals surface area (Å²) in [5.41, 5.74) is 5.34. The molecule has 1 aromatic rings. The third-order valence-electron chi connectivity index (χ3n) is 1.37. The first-order valence-corrected chi connectivity index (χ1v) is 5.48. The van der Waals surface area contributed by atoms with E-state index in [9.17, 15) is 13.0 Å². The molecule has 0 unspecified atom stereocenters. The average Bonchev–Trinajstić information content (AvgIpc) is 2.20. The second-order valence-electron chi connectivity index (χ2n) is 2.48. The van der Waals surface area contributed by atoms with Gasteiger partial charge in [0.05, 0.1) is 13.7 Å². The highest BCUT2D eigenvalue weighted by Crippen LogP contribution is 1.75. The molecule has 0 saturated carbocycles. The zero-order valence-electron chi connectivity index (χ0n) is 8.37. The van der Waals surface area contributed by atoms with E-state index in [2.05, 4.69) is 8.75 Å².